The summed E-state index contributed by atoms with van der Waals surface area (Å²) in [5.74, 6) is -0.0837. The Morgan fingerprint density at radius 2 is 2.36 bits per heavy atom. The second-order valence-electron chi connectivity index (χ2n) is 2.77. The Kier molecular flexibility index (Phi) is 2.10. The summed E-state index contributed by atoms with van der Waals surface area (Å²) >= 11 is 0. The molecular formula is C8H9N5O. The van der Waals surface area contributed by atoms with E-state index >= 15 is 0 Å². The monoisotopic (exact) mass is 191 g/mol. The second-order valence-corrected chi connectivity index (χ2v) is 2.77. The molecule has 0 radical (unpaired) electrons. The number of nitrogens with zero attached hydrogens (tertiary/aromatic N) is 3. The van der Waals surface area contributed by atoms with Gasteiger partial charge < -0.3 is 10.3 Å². The van der Waals surface area contributed by atoms with Crippen molar-refractivity contribution in [3.63, 3.8) is 0 Å². The number of hydrogen-bond donors (Lipinski definition) is 2. The number of nitrogens with one attached hydrogen (secondary N) is 2. The van der Waals surface area contributed by atoms with E-state index in [0.717, 1.165) is 5.52 Å². The van der Waals surface area contributed by atoms with Crippen LogP contribution in [0.15, 0.2) is 12.7 Å². The Morgan fingerprint density at radius 3 is 3.14 bits per heavy atom. The number of rotatable bonds is 2. The average Bonchev–Trinajstić information content (AvgIpc) is 2.66. The van der Waals surface area contributed by atoms with Gasteiger partial charge in [-0.05, 0) is 0 Å². The molecule has 0 bridgehead atoms. The molecule has 14 heavy (non-hydrogen) atoms. The molecule has 0 aliphatic carbocycles. The Balaban J connectivity index is 2.41. The minimum atomic E-state index is -0.0837. The molecule has 2 heterocycles. The molecule has 2 aromatic heterocycles. The first-order chi connectivity index (χ1) is 6.81. The van der Waals surface area contributed by atoms with Crippen LogP contribution in [0.3, 0.4) is 0 Å². The van der Waals surface area contributed by atoms with Crippen LogP contribution in [0.4, 0.5) is 0 Å². The molecule has 0 aromatic carbocycles. The number of amides is 1. The minimum absolute atomic E-state index is 0.0837. The standard InChI is InChI=1S/C8H9N5O/c1-9-6(14)2-5-7-8(12-3-10-5)13-4-11-7/h3-4H,2H2,1H3,(H,9,14)(H,10,11,12,13). The molecule has 0 unspecified atom stereocenters. The quantitative estimate of drug-likeness (QED) is 0.679. The molecule has 0 atom stereocenters. The van der Waals surface area contributed by atoms with Crippen molar-refractivity contribution in [2.24, 2.45) is 0 Å². The van der Waals surface area contributed by atoms with E-state index in [1.165, 1.54) is 12.7 Å². The van der Waals surface area contributed by atoms with Gasteiger partial charge >= 0.3 is 0 Å². The third kappa shape index (κ3) is 1.41. The summed E-state index contributed by atoms with van der Waals surface area (Å²) in [6.07, 6.45) is 3.17. The summed E-state index contributed by atoms with van der Waals surface area (Å²) in [5.41, 5.74) is 1.96. The Morgan fingerprint density at radius 1 is 1.50 bits per heavy atom. The van der Waals surface area contributed by atoms with Crippen molar-refractivity contribution in [3.05, 3.63) is 18.3 Å². The lowest BCUT2D eigenvalue weighted by Crippen LogP contribution is -2.20. The van der Waals surface area contributed by atoms with E-state index in [1.54, 1.807) is 7.05 Å². The molecule has 6 nitrogen and oxygen atoms in total. The number of carbonyl (C=O) groups is 1. The molecule has 1 amide bonds. The van der Waals surface area contributed by atoms with E-state index in [4.69, 9.17) is 0 Å². The summed E-state index contributed by atoms with van der Waals surface area (Å²) in [6, 6.07) is 0. The lowest BCUT2D eigenvalue weighted by molar-refractivity contribution is -0.119. The van der Waals surface area contributed by atoms with Crippen LogP contribution in [0, 0.1) is 0 Å². The highest BCUT2D eigenvalue weighted by Crippen LogP contribution is 2.09. The predicted molar refractivity (Wildman–Crippen MR) is 49.5 cm³/mol. The third-order valence-corrected chi connectivity index (χ3v) is 1.91. The number of H-pyrrole nitrogens is 1. The number of carbonyl (C=O) groups excluding carboxylic acids is 1. The van der Waals surface area contributed by atoms with E-state index in [1.807, 2.05) is 0 Å². The lowest BCUT2D eigenvalue weighted by Gasteiger charge is -1.99. The van der Waals surface area contributed by atoms with Crippen LogP contribution in [0.2, 0.25) is 0 Å². The summed E-state index contributed by atoms with van der Waals surface area (Å²) < 4.78 is 0. The fourth-order valence-corrected chi connectivity index (χ4v) is 1.19. The van der Waals surface area contributed by atoms with Crippen LogP contribution in [0.1, 0.15) is 5.69 Å². The van der Waals surface area contributed by atoms with Gasteiger partial charge in [0.05, 0.1) is 18.4 Å². The zero-order valence-electron chi connectivity index (χ0n) is 7.61. The lowest BCUT2D eigenvalue weighted by atomic mass is 10.2. The van der Waals surface area contributed by atoms with Crippen LogP contribution in [0.5, 0.6) is 0 Å². The number of aromatic amines is 1. The maximum Gasteiger partial charge on any atom is 0.225 e. The molecule has 0 saturated heterocycles. The predicted octanol–water partition coefficient (Wildman–Crippen LogP) is -0.359. The highest BCUT2D eigenvalue weighted by Gasteiger charge is 2.08. The van der Waals surface area contributed by atoms with Gasteiger partial charge in [-0.1, -0.05) is 0 Å². The number of fused-ring (bicyclic) bond motifs is 1. The SMILES string of the molecule is CNC(=O)Cc1ncnc2nc[nH]c12. The zero-order chi connectivity index (χ0) is 9.97. The van der Waals surface area contributed by atoms with Crippen LogP contribution < -0.4 is 5.32 Å². The molecular weight excluding hydrogens is 182 g/mol. The van der Waals surface area contributed by atoms with Gasteiger partial charge in [0.1, 0.15) is 11.8 Å². The fourth-order valence-electron chi connectivity index (χ4n) is 1.19. The zero-order valence-corrected chi connectivity index (χ0v) is 7.61. The van der Waals surface area contributed by atoms with E-state index in [2.05, 4.69) is 25.3 Å². The van der Waals surface area contributed by atoms with Gasteiger partial charge in [-0.15, -0.1) is 0 Å². The van der Waals surface area contributed by atoms with Crippen molar-refractivity contribution < 1.29 is 4.79 Å². The maximum atomic E-state index is 11.1. The Bertz CT molecular complexity index is 463. The molecule has 2 N–H and O–H groups in total. The molecule has 6 heteroatoms. The van der Waals surface area contributed by atoms with E-state index < -0.39 is 0 Å². The van der Waals surface area contributed by atoms with Gasteiger partial charge in [-0.3, -0.25) is 4.79 Å². The minimum Gasteiger partial charge on any atom is -0.359 e. The normalized spacial score (nSPS) is 10.4. The molecule has 2 rings (SSSR count). The summed E-state index contributed by atoms with van der Waals surface area (Å²) in [5, 5.41) is 2.54. The average molecular weight is 191 g/mol. The molecule has 0 fully saturated rings. The Labute approximate surface area is 79.8 Å². The van der Waals surface area contributed by atoms with E-state index in [-0.39, 0.29) is 12.3 Å². The van der Waals surface area contributed by atoms with Gasteiger partial charge in [-0.2, -0.15) is 0 Å². The molecule has 2 aromatic rings. The number of hydrogen-bond acceptors (Lipinski definition) is 4. The highest BCUT2D eigenvalue weighted by molar-refractivity contribution is 5.83. The smallest absolute Gasteiger partial charge is 0.225 e. The molecule has 72 valence electrons. The maximum absolute atomic E-state index is 11.1. The third-order valence-electron chi connectivity index (χ3n) is 1.91. The summed E-state index contributed by atoms with van der Waals surface area (Å²) in [6.45, 7) is 0. The van der Waals surface area contributed by atoms with E-state index in [0.29, 0.717) is 11.3 Å². The topological polar surface area (TPSA) is 83.6 Å². The number of aromatic nitrogens is 4. The number of imidazole rings is 1. The van der Waals surface area contributed by atoms with Crippen LogP contribution in [-0.4, -0.2) is 32.9 Å². The fraction of sp³-hybridized carbons (Fsp3) is 0.250. The van der Waals surface area contributed by atoms with Crippen molar-refractivity contribution in [2.75, 3.05) is 7.05 Å². The van der Waals surface area contributed by atoms with Crippen LogP contribution >= 0.6 is 0 Å². The van der Waals surface area contributed by atoms with E-state index in [9.17, 15) is 4.79 Å². The molecule has 0 aliphatic rings. The molecule has 0 spiro atoms. The molecule has 0 saturated carbocycles. The highest BCUT2D eigenvalue weighted by atomic mass is 16.1. The summed E-state index contributed by atoms with van der Waals surface area (Å²) in [4.78, 5) is 26.0. The van der Waals surface area contributed by atoms with Crippen LogP contribution in [-0.2, 0) is 11.2 Å². The summed E-state index contributed by atoms with van der Waals surface area (Å²) in [7, 11) is 1.59. The van der Waals surface area contributed by atoms with Gasteiger partial charge in [0.2, 0.25) is 5.91 Å². The van der Waals surface area contributed by atoms with Crippen molar-refractivity contribution in [3.8, 4) is 0 Å². The van der Waals surface area contributed by atoms with Gasteiger partial charge in [0.25, 0.3) is 0 Å². The van der Waals surface area contributed by atoms with Crippen molar-refractivity contribution in [1.29, 1.82) is 0 Å². The molecule has 0 aliphatic heterocycles. The van der Waals surface area contributed by atoms with Gasteiger partial charge in [0.15, 0.2) is 5.65 Å². The number of likely N-dealkylation sites (N-methyl/N-ethyl adjacent to an activating group) is 1. The van der Waals surface area contributed by atoms with Crippen LogP contribution in [0.25, 0.3) is 11.2 Å². The first kappa shape index (κ1) is 8.61. The Hall–Kier alpha value is -1.98. The first-order valence-electron chi connectivity index (χ1n) is 4.15. The second kappa shape index (κ2) is 3.41. The first-order valence-corrected chi connectivity index (χ1v) is 4.15. The van der Waals surface area contributed by atoms with Crippen molar-refractivity contribution >= 4 is 17.1 Å². The van der Waals surface area contributed by atoms with Crippen molar-refractivity contribution in [2.45, 2.75) is 6.42 Å². The van der Waals surface area contributed by atoms with Crippen molar-refractivity contribution in [1.82, 2.24) is 25.3 Å². The van der Waals surface area contributed by atoms with Gasteiger partial charge in [0, 0.05) is 7.05 Å². The largest absolute Gasteiger partial charge is 0.359 e. The van der Waals surface area contributed by atoms with Gasteiger partial charge in [-0.25, -0.2) is 15.0 Å².